The summed E-state index contributed by atoms with van der Waals surface area (Å²) in [6.45, 7) is 0.791. The number of benzene rings is 1. The van der Waals surface area contributed by atoms with Crippen molar-refractivity contribution in [2.45, 2.75) is 31.5 Å². The fourth-order valence-corrected chi connectivity index (χ4v) is 1.91. The highest BCUT2D eigenvalue weighted by molar-refractivity contribution is 5.56. The molecule has 4 nitrogen and oxygen atoms in total. The third-order valence-corrected chi connectivity index (χ3v) is 3.05. The van der Waals surface area contributed by atoms with Crippen LogP contribution in [0.4, 0.5) is 13.2 Å². The van der Waals surface area contributed by atoms with Gasteiger partial charge in [-0.3, -0.25) is 0 Å². The third kappa shape index (κ3) is 6.44. The lowest BCUT2D eigenvalue weighted by molar-refractivity contribution is -0.137. The molecule has 7 heteroatoms. The van der Waals surface area contributed by atoms with Crippen molar-refractivity contribution >= 4 is 6.21 Å². The Morgan fingerprint density at radius 1 is 1.27 bits per heavy atom. The second-order valence-corrected chi connectivity index (χ2v) is 4.68. The van der Waals surface area contributed by atoms with E-state index < -0.39 is 11.7 Å². The number of nitrogens with zero attached hydrogens (tertiary/aromatic N) is 1. The first-order chi connectivity index (χ1) is 10.5. The fourth-order valence-electron chi connectivity index (χ4n) is 1.91. The van der Waals surface area contributed by atoms with Crippen molar-refractivity contribution < 1.29 is 22.7 Å². The maximum Gasteiger partial charge on any atom is 0.416 e. The summed E-state index contributed by atoms with van der Waals surface area (Å²) in [5.41, 5.74) is 5.31. The van der Waals surface area contributed by atoms with Crippen LogP contribution in [0.3, 0.4) is 0 Å². The van der Waals surface area contributed by atoms with E-state index in [9.17, 15) is 13.2 Å². The van der Waals surface area contributed by atoms with Crippen molar-refractivity contribution in [3.05, 3.63) is 35.4 Å². The Labute approximate surface area is 128 Å². The molecule has 0 bridgehead atoms. The van der Waals surface area contributed by atoms with E-state index in [0.29, 0.717) is 26.0 Å². The first-order valence-corrected chi connectivity index (χ1v) is 7.03. The highest BCUT2D eigenvalue weighted by Crippen LogP contribution is 2.31. The summed E-state index contributed by atoms with van der Waals surface area (Å²) in [6.07, 6.45) is -0.734. The van der Waals surface area contributed by atoms with E-state index >= 15 is 0 Å². The number of hydrogen-bond acceptors (Lipinski definition) is 4. The van der Waals surface area contributed by atoms with Gasteiger partial charge in [0.25, 0.3) is 0 Å². The number of oxime groups is 1. The lowest BCUT2D eigenvalue weighted by Crippen LogP contribution is -2.06. The van der Waals surface area contributed by atoms with E-state index in [4.69, 9.17) is 15.3 Å². The molecule has 0 heterocycles. The quantitative estimate of drug-likeness (QED) is 0.430. The second-order valence-electron chi connectivity index (χ2n) is 4.68. The Bertz CT molecular complexity index is 447. The van der Waals surface area contributed by atoms with Crippen LogP contribution < -0.4 is 5.73 Å². The molecule has 124 valence electrons. The summed E-state index contributed by atoms with van der Waals surface area (Å²) < 4.78 is 42.9. The highest BCUT2D eigenvalue weighted by atomic mass is 19.4. The molecule has 1 rings (SSSR count). The molecule has 1 aromatic carbocycles. The number of unbranched alkanes of at least 4 members (excludes halogenated alkanes) is 1. The molecule has 22 heavy (non-hydrogen) atoms. The number of methoxy groups -OCH3 is 1. The maximum atomic E-state index is 12.5. The van der Waals surface area contributed by atoms with Gasteiger partial charge in [0, 0.05) is 19.9 Å². The van der Waals surface area contributed by atoms with Gasteiger partial charge < -0.3 is 15.3 Å². The van der Waals surface area contributed by atoms with Crippen LogP contribution in [0.5, 0.6) is 0 Å². The van der Waals surface area contributed by atoms with Gasteiger partial charge in [-0.25, -0.2) is 0 Å². The molecule has 0 radical (unpaired) electrons. The molecule has 1 aromatic rings. The van der Waals surface area contributed by atoms with E-state index in [1.165, 1.54) is 12.1 Å². The average Bonchev–Trinajstić information content (AvgIpc) is 2.49. The molecule has 0 aliphatic heterocycles. The Hall–Kier alpha value is -1.60. The van der Waals surface area contributed by atoms with Crippen LogP contribution in [0.2, 0.25) is 0 Å². The maximum absolute atomic E-state index is 12.5. The van der Waals surface area contributed by atoms with E-state index in [1.807, 2.05) is 0 Å². The van der Waals surface area contributed by atoms with Crippen molar-refractivity contribution in [3.63, 3.8) is 0 Å². The summed E-state index contributed by atoms with van der Waals surface area (Å²) in [5, 5.41) is 3.72. The minimum atomic E-state index is -4.32. The Morgan fingerprint density at radius 3 is 2.50 bits per heavy atom. The molecule has 0 saturated carbocycles. The van der Waals surface area contributed by atoms with Crippen LogP contribution in [0.15, 0.2) is 29.4 Å². The molecule has 0 aromatic heterocycles. The monoisotopic (exact) mass is 318 g/mol. The van der Waals surface area contributed by atoms with E-state index in [0.717, 1.165) is 24.1 Å². The third-order valence-electron chi connectivity index (χ3n) is 3.05. The smallest absolute Gasteiger partial charge is 0.395 e. The van der Waals surface area contributed by atoms with Crippen LogP contribution in [-0.4, -0.2) is 26.5 Å². The van der Waals surface area contributed by atoms with Gasteiger partial charge in [0.15, 0.2) is 0 Å². The van der Waals surface area contributed by atoms with Gasteiger partial charge in [-0.1, -0.05) is 17.3 Å². The summed E-state index contributed by atoms with van der Waals surface area (Å²) in [5.74, 6) is 0. The Kier molecular flexibility index (Phi) is 7.90. The number of hydrogen-bond donors (Lipinski definition) is 1. The molecule has 0 saturated heterocycles. The minimum Gasteiger partial charge on any atom is -0.395 e. The van der Waals surface area contributed by atoms with Crippen LogP contribution in [0, 0.1) is 0 Å². The van der Waals surface area contributed by atoms with Gasteiger partial charge in [0.1, 0.15) is 6.61 Å². The minimum absolute atomic E-state index is 0.236. The first-order valence-electron chi connectivity index (χ1n) is 7.03. The van der Waals surface area contributed by atoms with Crippen LogP contribution >= 0.6 is 0 Å². The number of alkyl halides is 3. The topological polar surface area (TPSA) is 56.8 Å². The zero-order valence-electron chi connectivity index (χ0n) is 12.5. The molecular formula is C15H21F3N2O2. The number of nitrogens with two attached hydrogens (primary N) is 1. The average molecular weight is 318 g/mol. The van der Waals surface area contributed by atoms with Crippen LogP contribution in [0.25, 0.3) is 0 Å². The molecule has 0 unspecified atom stereocenters. The normalized spacial score (nSPS) is 13.5. The van der Waals surface area contributed by atoms with E-state index in [-0.39, 0.29) is 6.10 Å². The predicted molar refractivity (Wildman–Crippen MR) is 78.5 cm³/mol. The van der Waals surface area contributed by atoms with Gasteiger partial charge in [0.05, 0.1) is 11.7 Å². The fraction of sp³-hybridized carbons (Fsp3) is 0.533. The van der Waals surface area contributed by atoms with Gasteiger partial charge in [0.2, 0.25) is 0 Å². The standard InChI is InChI=1S/C15H21F3N2O2/c1-21-14(4-2-3-10-20-22-11-9-19)12-5-7-13(8-6-12)15(16,17)18/h5-8,10,14H,2-4,9,11,19H2,1H3/b20-10+/t14-/m0/s1. The highest BCUT2D eigenvalue weighted by Gasteiger charge is 2.30. The molecule has 0 aliphatic carbocycles. The van der Waals surface area contributed by atoms with Crippen LogP contribution in [0.1, 0.15) is 36.5 Å². The summed E-state index contributed by atoms with van der Waals surface area (Å²) in [7, 11) is 1.54. The molecule has 0 spiro atoms. The number of ether oxygens (including phenoxy) is 1. The summed E-state index contributed by atoms with van der Waals surface area (Å²) in [6, 6.07) is 5.05. The van der Waals surface area contributed by atoms with Crippen molar-refractivity contribution in [1.29, 1.82) is 0 Å². The van der Waals surface area contributed by atoms with Gasteiger partial charge in [-0.05, 0) is 37.0 Å². The lowest BCUT2D eigenvalue weighted by Gasteiger charge is -2.16. The van der Waals surface area contributed by atoms with Crippen LogP contribution in [-0.2, 0) is 15.8 Å². The molecule has 0 aliphatic rings. The molecular weight excluding hydrogens is 297 g/mol. The Morgan fingerprint density at radius 2 is 1.95 bits per heavy atom. The molecule has 0 amide bonds. The SMILES string of the molecule is CO[C@@H](CCC/C=N/OCCN)c1ccc(C(F)(F)F)cc1. The zero-order valence-corrected chi connectivity index (χ0v) is 12.5. The second kappa shape index (κ2) is 9.42. The van der Waals surface area contributed by atoms with E-state index in [2.05, 4.69) is 5.16 Å². The van der Waals surface area contributed by atoms with Gasteiger partial charge in [-0.15, -0.1) is 0 Å². The molecule has 0 fully saturated rings. The largest absolute Gasteiger partial charge is 0.416 e. The number of rotatable bonds is 9. The van der Waals surface area contributed by atoms with Crippen molar-refractivity contribution in [1.82, 2.24) is 0 Å². The number of halogens is 3. The lowest BCUT2D eigenvalue weighted by atomic mass is 10.0. The van der Waals surface area contributed by atoms with Crippen molar-refractivity contribution in [3.8, 4) is 0 Å². The van der Waals surface area contributed by atoms with Crippen molar-refractivity contribution in [2.24, 2.45) is 10.9 Å². The first kappa shape index (κ1) is 18.4. The molecule has 1 atom stereocenters. The zero-order chi connectivity index (χ0) is 16.4. The van der Waals surface area contributed by atoms with E-state index in [1.54, 1.807) is 13.3 Å². The summed E-state index contributed by atoms with van der Waals surface area (Å²) >= 11 is 0. The predicted octanol–water partition coefficient (Wildman–Crippen LogP) is 3.52. The Balaban J connectivity index is 2.45. The van der Waals surface area contributed by atoms with Crippen molar-refractivity contribution in [2.75, 3.05) is 20.3 Å². The van der Waals surface area contributed by atoms with Gasteiger partial charge >= 0.3 is 6.18 Å². The molecule has 2 N–H and O–H groups in total. The van der Waals surface area contributed by atoms with Gasteiger partial charge in [-0.2, -0.15) is 13.2 Å². The summed E-state index contributed by atoms with van der Waals surface area (Å²) in [4.78, 5) is 4.85.